The van der Waals surface area contributed by atoms with Gasteiger partial charge < -0.3 is 20.7 Å². The Morgan fingerprint density at radius 2 is 2.12 bits per heavy atom. The maximum atomic E-state index is 12.9. The third-order valence-corrected chi connectivity index (χ3v) is 4.38. The lowest BCUT2D eigenvalue weighted by Crippen LogP contribution is -2.19. The number of hydrazone groups is 1. The first-order chi connectivity index (χ1) is 16.0. The molecule has 0 saturated carbocycles. The van der Waals surface area contributed by atoms with Gasteiger partial charge in [-0.25, -0.2) is 10.1 Å². The van der Waals surface area contributed by atoms with Crippen LogP contribution in [0.1, 0.15) is 23.0 Å². The van der Waals surface area contributed by atoms with Crippen LogP contribution in [0.5, 0.6) is 17.2 Å². The molecule has 0 atom stereocenters. The van der Waals surface area contributed by atoms with Crippen LogP contribution in [-0.2, 0) is 0 Å². The number of carbonyl (C=O) groups excluding carboxylic acids is 1. The summed E-state index contributed by atoms with van der Waals surface area (Å²) in [5.74, 6) is -0.429. The second-order valence-corrected chi connectivity index (χ2v) is 6.57. The topological polar surface area (TPSA) is 187 Å². The Balaban J connectivity index is 1.70. The highest BCUT2D eigenvalue weighted by Crippen LogP contribution is 2.29. The lowest BCUT2D eigenvalue weighted by atomic mass is 10.1. The number of amides is 1. The van der Waals surface area contributed by atoms with E-state index in [0.717, 1.165) is 6.07 Å². The summed E-state index contributed by atoms with van der Waals surface area (Å²) in [6.45, 7) is 2.30. The van der Waals surface area contributed by atoms with E-state index in [1.165, 1.54) is 23.0 Å². The smallest absolute Gasteiger partial charge is 0.294 e. The zero-order valence-corrected chi connectivity index (χ0v) is 17.2. The number of rotatable bonds is 7. The Morgan fingerprint density at radius 1 is 1.27 bits per heavy atom. The summed E-state index contributed by atoms with van der Waals surface area (Å²) in [7, 11) is 0. The van der Waals surface area contributed by atoms with Crippen LogP contribution in [-0.4, -0.2) is 54.2 Å². The zero-order valence-electron chi connectivity index (χ0n) is 17.2. The first kappa shape index (κ1) is 21.3. The van der Waals surface area contributed by atoms with Crippen molar-refractivity contribution >= 4 is 17.9 Å². The molecule has 0 bridgehead atoms. The number of nitrogen functional groups attached to an aromatic ring is 1. The van der Waals surface area contributed by atoms with Crippen molar-refractivity contribution in [1.82, 2.24) is 30.7 Å². The number of carbonyl (C=O) groups is 1. The Kier molecular flexibility index (Phi) is 5.84. The van der Waals surface area contributed by atoms with Gasteiger partial charge in [0.2, 0.25) is 11.6 Å². The standard InChI is InChI=1S/C20H18N8O5/c1-2-32-14-5-3-4-11(8-14)17-16(23-27-28(17)19-18(21)25-33-26-19)20(31)24-22-10-12-6-7-13(29)9-15(12)30/h3-10,29-30H,2H2,1H3,(H2,21,25)(H,24,31)/b22-10+. The molecular formula is C20H18N8O5. The van der Waals surface area contributed by atoms with Crippen LogP contribution in [0.25, 0.3) is 17.1 Å². The van der Waals surface area contributed by atoms with Crippen molar-refractivity contribution in [3.63, 3.8) is 0 Å². The Labute approximate surface area is 186 Å². The van der Waals surface area contributed by atoms with Gasteiger partial charge in [-0.05, 0) is 41.5 Å². The van der Waals surface area contributed by atoms with Crippen molar-refractivity contribution in [3.05, 3.63) is 53.7 Å². The van der Waals surface area contributed by atoms with Crippen LogP contribution in [0.15, 0.2) is 52.2 Å². The van der Waals surface area contributed by atoms with Gasteiger partial charge in [0.05, 0.1) is 12.8 Å². The summed E-state index contributed by atoms with van der Waals surface area (Å²) in [6, 6.07) is 10.9. The maximum Gasteiger partial charge on any atom is 0.294 e. The number of nitrogens with two attached hydrogens (primary N) is 1. The summed E-state index contributed by atoms with van der Waals surface area (Å²) in [5.41, 5.74) is 9.12. The molecule has 2 aromatic heterocycles. The van der Waals surface area contributed by atoms with E-state index in [1.54, 1.807) is 24.3 Å². The predicted molar refractivity (Wildman–Crippen MR) is 115 cm³/mol. The number of phenolic OH excluding ortho intramolecular Hbond substituents is 2. The molecule has 13 heteroatoms. The lowest BCUT2D eigenvalue weighted by Gasteiger charge is -2.08. The van der Waals surface area contributed by atoms with E-state index in [2.05, 4.69) is 35.8 Å². The Bertz CT molecular complexity index is 1330. The summed E-state index contributed by atoms with van der Waals surface area (Å²) < 4.78 is 11.4. The summed E-state index contributed by atoms with van der Waals surface area (Å²) in [5, 5.41) is 38.3. The molecule has 168 valence electrons. The van der Waals surface area contributed by atoms with Crippen LogP contribution >= 0.6 is 0 Å². The van der Waals surface area contributed by atoms with E-state index < -0.39 is 5.91 Å². The van der Waals surface area contributed by atoms with Crippen LogP contribution in [0, 0.1) is 0 Å². The summed E-state index contributed by atoms with van der Waals surface area (Å²) in [6.07, 6.45) is 1.21. The molecule has 0 aliphatic rings. The molecule has 0 unspecified atom stereocenters. The average molecular weight is 450 g/mol. The molecule has 5 N–H and O–H groups in total. The Hall–Kier alpha value is -4.94. The van der Waals surface area contributed by atoms with Crippen molar-refractivity contribution in [1.29, 1.82) is 0 Å². The molecule has 0 spiro atoms. The number of hydrogen-bond donors (Lipinski definition) is 4. The van der Waals surface area contributed by atoms with Gasteiger partial charge in [-0.1, -0.05) is 17.3 Å². The summed E-state index contributed by atoms with van der Waals surface area (Å²) in [4.78, 5) is 12.9. The second kappa shape index (κ2) is 9.05. The van der Waals surface area contributed by atoms with E-state index in [-0.39, 0.29) is 40.1 Å². The molecular weight excluding hydrogens is 432 g/mol. The normalized spacial score (nSPS) is 11.1. The van der Waals surface area contributed by atoms with E-state index in [0.29, 0.717) is 17.9 Å². The first-order valence-electron chi connectivity index (χ1n) is 9.60. The van der Waals surface area contributed by atoms with E-state index in [1.807, 2.05) is 6.92 Å². The molecule has 0 fully saturated rings. The third-order valence-electron chi connectivity index (χ3n) is 4.38. The SMILES string of the molecule is CCOc1cccc(-c2c(C(=O)N/N=C/c3ccc(O)cc3O)nnn2-c2nonc2N)c1. The van der Waals surface area contributed by atoms with Gasteiger partial charge in [0.15, 0.2) is 5.69 Å². The highest BCUT2D eigenvalue weighted by Gasteiger charge is 2.25. The van der Waals surface area contributed by atoms with Crippen LogP contribution < -0.4 is 15.9 Å². The van der Waals surface area contributed by atoms with Gasteiger partial charge in [0.25, 0.3) is 5.91 Å². The fourth-order valence-electron chi connectivity index (χ4n) is 2.93. The molecule has 0 aliphatic heterocycles. The van der Waals surface area contributed by atoms with Crippen LogP contribution in [0.4, 0.5) is 5.82 Å². The highest BCUT2D eigenvalue weighted by atomic mass is 16.6. The van der Waals surface area contributed by atoms with Crippen LogP contribution in [0.3, 0.4) is 0 Å². The Morgan fingerprint density at radius 3 is 2.85 bits per heavy atom. The number of aromatic hydroxyl groups is 2. The number of benzene rings is 2. The monoisotopic (exact) mass is 450 g/mol. The molecule has 2 heterocycles. The van der Waals surface area contributed by atoms with Gasteiger partial charge in [0, 0.05) is 17.2 Å². The maximum absolute atomic E-state index is 12.9. The fourth-order valence-corrected chi connectivity index (χ4v) is 2.93. The van der Waals surface area contributed by atoms with Gasteiger partial charge in [-0.15, -0.1) is 5.10 Å². The second-order valence-electron chi connectivity index (χ2n) is 6.57. The van der Waals surface area contributed by atoms with Crippen molar-refractivity contribution in [2.45, 2.75) is 6.92 Å². The number of nitrogens with zero attached hydrogens (tertiary/aromatic N) is 6. The van der Waals surface area contributed by atoms with Gasteiger partial charge in [0.1, 0.15) is 22.9 Å². The number of aromatic nitrogens is 5. The van der Waals surface area contributed by atoms with Gasteiger partial charge in [-0.2, -0.15) is 9.78 Å². The van der Waals surface area contributed by atoms with Crippen molar-refractivity contribution in [2.75, 3.05) is 12.3 Å². The number of ether oxygens (including phenoxy) is 1. The van der Waals surface area contributed by atoms with Crippen LogP contribution in [0.2, 0.25) is 0 Å². The van der Waals surface area contributed by atoms with Crippen molar-refractivity contribution < 1.29 is 24.4 Å². The highest BCUT2D eigenvalue weighted by molar-refractivity contribution is 5.99. The average Bonchev–Trinajstić information content (AvgIpc) is 3.41. The first-order valence-corrected chi connectivity index (χ1v) is 9.60. The largest absolute Gasteiger partial charge is 0.508 e. The van der Waals surface area contributed by atoms with Gasteiger partial charge in [-0.3, -0.25) is 4.79 Å². The van der Waals surface area contributed by atoms with E-state index in [9.17, 15) is 15.0 Å². The molecule has 2 aromatic carbocycles. The number of nitrogens with one attached hydrogen (secondary N) is 1. The number of hydrogen-bond acceptors (Lipinski definition) is 11. The molecule has 33 heavy (non-hydrogen) atoms. The molecule has 4 aromatic rings. The minimum Gasteiger partial charge on any atom is -0.508 e. The molecule has 0 saturated heterocycles. The fraction of sp³-hybridized carbons (Fsp3) is 0.100. The van der Waals surface area contributed by atoms with Gasteiger partial charge >= 0.3 is 0 Å². The van der Waals surface area contributed by atoms with Crippen molar-refractivity contribution in [2.24, 2.45) is 5.10 Å². The minimum atomic E-state index is -0.692. The third kappa shape index (κ3) is 4.41. The number of phenols is 2. The molecule has 0 radical (unpaired) electrons. The summed E-state index contributed by atoms with van der Waals surface area (Å²) >= 11 is 0. The minimum absolute atomic E-state index is 0.0464. The predicted octanol–water partition coefficient (Wildman–Crippen LogP) is 1.47. The molecule has 1 amide bonds. The number of anilines is 1. The zero-order chi connectivity index (χ0) is 23.4. The quantitative estimate of drug-likeness (QED) is 0.237. The van der Waals surface area contributed by atoms with E-state index >= 15 is 0 Å². The molecule has 4 rings (SSSR count). The van der Waals surface area contributed by atoms with Crippen molar-refractivity contribution in [3.8, 4) is 34.3 Å². The molecule has 13 nitrogen and oxygen atoms in total. The van der Waals surface area contributed by atoms with E-state index in [4.69, 9.17) is 10.5 Å². The molecule has 0 aliphatic carbocycles. The lowest BCUT2D eigenvalue weighted by molar-refractivity contribution is 0.0950.